The van der Waals surface area contributed by atoms with Crippen molar-refractivity contribution in [3.05, 3.63) is 51.4 Å². The molecule has 0 atom stereocenters. The van der Waals surface area contributed by atoms with E-state index in [0.717, 1.165) is 24.2 Å². The molecule has 0 amide bonds. The molecule has 25 heavy (non-hydrogen) atoms. The molecule has 1 N–H and O–H groups in total. The standard InChI is InChI=1S/C19H20N4O2/c1-19(12-20)6-8-23(9-7-19)18-21-15-11-25-16-5-3-2-4-13(16)10-14(15)17(24)22-18/h2-5H,6-11H2,1H3,(H,21,22,24). The molecule has 0 radical (unpaired) electrons. The molecule has 0 aliphatic carbocycles. The first kappa shape index (κ1) is 15.7. The molecular formula is C19H20N4O2. The van der Waals surface area contributed by atoms with Gasteiger partial charge < -0.3 is 9.64 Å². The molecule has 128 valence electrons. The van der Waals surface area contributed by atoms with Crippen LogP contribution < -0.4 is 15.2 Å². The van der Waals surface area contributed by atoms with Gasteiger partial charge in [-0.3, -0.25) is 9.78 Å². The Labute approximate surface area is 146 Å². The maximum atomic E-state index is 12.6. The van der Waals surface area contributed by atoms with Crippen molar-refractivity contribution in [2.75, 3.05) is 18.0 Å². The predicted molar refractivity (Wildman–Crippen MR) is 93.6 cm³/mol. The highest BCUT2D eigenvalue weighted by molar-refractivity contribution is 5.42. The number of benzene rings is 1. The predicted octanol–water partition coefficient (Wildman–Crippen LogP) is 2.38. The molecule has 2 aromatic rings. The lowest BCUT2D eigenvalue weighted by Crippen LogP contribution is -2.40. The number of H-pyrrole nitrogens is 1. The minimum absolute atomic E-state index is 0.103. The molecule has 1 fully saturated rings. The van der Waals surface area contributed by atoms with E-state index in [9.17, 15) is 10.1 Å². The van der Waals surface area contributed by atoms with Crippen LogP contribution in [-0.2, 0) is 13.0 Å². The molecule has 1 aromatic heterocycles. The van der Waals surface area contributed by atoms with E-state index >= 15 is 0 Å². The van der Waals surface area contributed by atoms with Crippen LogP contribution >= 0.6 is 0 Å². The molecule has 6 nitrogen and oxygen atoms in total. The maximum Gasteiger partial charge on any atom is 0.256 e. The molecule has 0 spiro atoms. The van der Waals surface area contributed by atoms with E-state index < -0.39 is 0 Å². The fourth-order valence-corrected chi connectivity index (χ4v) is 3.43. The normalized spacial score (nSPS) is 18.3. The minimum atomic E-state index is -0.284. The minimum Gasteiger partial charge on any atom is -0.487 e. The summed E-state index contributed by atoms with van der Waals surface area (Å²) in [5, 5.41) is 9.27. The number of piperidine rings is 1. The Morgan fingerprint density at radius 1 is 1.32 bits per heavy atom. The lowest BCUT2D eigenvalue weighted by molar-refractivity contribution is 0.301. The summed E-state index contributed by atoms with van der Waals surface area (Å²) in [7, 11) is 0. The zero-order chi connectivity index (χ0) is 17.4. The van der Waals surface area contributed by atoms with Gasteiger partial charge in [-0.1, -0.05) is 18.2 Å². The number of ether oxygens (including phenoxy) is 1. The van der Waals surface area contributed by atoms with Crippen LogP contribution in [0.25, 0.3) is 0 Å². The summed E-state index contributed by atoms with van der Waals surface area (Å²) in [6.07, 6.45) is 2.07. The first-order chi connectivity index (χ1) is 12.1. The number of anilines is 1. The third-order valence-electron chi connectivity index (χ3n) is 5.23. The molecule has 4 rings (SSSR count). The zero-order valence-corrected chi connectivity index (χ0v) is 14.2. The van der Waals surface area contributed by atoms with Crippen molar-refractivity contribution in [2.24, 2.45) is 5.41 Å². The average molecular weight is 336 g/mol. The molecule has 2 aliphatic rings. The van der Waals surface area contributed by atoms with E-state index in [1.807, 2.05) is 31.2 Å². The number of aromatic amines is 1. The SMILES string of the molecule is CC1(C#N)CCN(c2nc3c(c(=O)[nH]2)Cc2ccccc2OC3)CC1. The summed E-state index contributed by atoms with van der Waals surface area (Å²) >= 11 is 0. The summed E-state index contributed by atoms with van der Waals surface area (Å²) in [6.45, 7) is 3.72. The highest BCUT2D eigenvalue weighted by atomic mass is 16.5. The largest absolute Gasteiger partial charge is 0.487 e. The fourth-order valence-electron chi connectivity index (χ4n) is 3.43. The molecule has 0 saturated carbocycles. The third kappa shape index (κ3) is 2.86. The van der Waals surface area contributed by atoms with Crippen molar-refractivity contribution in [2.45, 2.75) is 32.8 Å². The highest BCUT2D eigenvalue weighted by Crippen LogP contribution is 2.31. The molecule has 1 saturated heterocycles. The number of nitrogens with zero attached hydrogens (tertiary/aromatic N) is 3. The van der Waals surface area contributed by atoms with Gasteiger partial charge in [0.25, 0.3) is 5.56 Å². The smallest absolute Gasteiger partial charge is 0.256 e. The van der Waals surface area contributed by atoms with Gasteiger partial charge in [0.2, 0.25) is 5.95 Å². The van der Waals surface area contributed by atoms with E-state index in [1.54, 1.807) is 0 Å². The lowest BCUT2D eigenvalue weighted by atomic mass is 9.82. The van der Waals surface area contributed by atoms with E-state index in [-0.39, 0.29) is 11.0 Å². The lowest BCUT2D eigenvalue weighted by Gasteiger charge is -2.35. The van der Waals surface area contributed by atoms with Gasteiger partial charge in [-0.05, 0) is 31.4 Å². The zero-order valence-electron chi connectivity index (χ0n) is 14.2. The monoisotopic (exact) mass is 336 g/mol. The summed E-state index contributed by atoms with van der Waals surface area (Å²) < 4.78 is 5.85. The molecule has 6 heteroatoms. The molecule has 0 unspecified atom stereocenters. The number of hydrogen-bond acceptors (Lipinski definition) is 5. The van der Waals surface area contributed by atoms with E-state index in [1.165, 1.54) is 0 Å². The maximum absolute atomic E-state index is 12.6. The van der Waals surface area contributed by atoms with E-state index in [0.29, 0.717) is 43.3 Å². The quantitative estimate of drug-likeness (QED) is 0.864. The Bertz CT molecular complexity index is 904. The van der Waals surface area contributed by atoms with Crippen molar-refractivity contribution in [3.63, 3.8) is 0 Å². The van der Waals surface area contributed by atoms with E-state index in [4.69, 9.17) is 4.74 Å². The summed E-state index contributed by atoms with van der Waals surface area (Å²) in [6, 6.07) is 10.2. The van der Waals surface area contributed by atoms with Gasteiger partial charge in [0.05, 0.1) is 17.2 Å². The fraction of sp³-hybridized carbons (Fsp3) is 0.421. The van der Waals surface area contributed by atoms with Crippen molar-refractivity contribution in [1.82, 2.24) is 9.97 Å². The van der Waals surface area contributed by atoms with Gasteiger partial charge in [-0.25, -0.2) is 4.98 Å². The van der Waals surface area contributed by atoms with Crippen LogP contribution in [0.5, 0.6) is 5.75 Å². The van der Waals surface area contributed by atoms with Crippen molar-refractivity contribution >= 4 is 5.95 Å². The van der Waals surface area contributed by atoms with Gasteiger partial charge in [-0.2, -0.15) is 5.26 Å². The second-order valence-corrected chi connectivity index (χ2v) is 7.05. The van der Waals surface area contributed by atoms with E-state index in [2.05, 4.69) is 20.9 Å². The Morgan fingerprint density at radius 3 is 2.84 bits per heavy atom. The summed E-state index contributed by atoms with van der Waals surface area (Å²) in [5.74, 6) is 1.39. The number of aromatic nitrogens is 2. The average Bonchev–Trinajstić information content (AvgIpc) is 2.82. The number of nitrogens with one attached hydrogen (secondary N) is 1. The van der Waals surface area contributed by atoms with Crippen molar-refractivity contribution < 1.29 is 4.74 Å². The van der Waals surface area contributed by atoms with Crippen LogP contribution in [-0.4, -0.2) is 23.1 Å². The van der Waals surface area contributed by atoms with Gasteiger partial charge in [0, 0.05) is 25.1 Å². The van der Waals surface area contributed by atoms with Gasteiger partial charge >= 0.3 is 0 Å². The Morgan fingerprint density at radius 2 is 2.08 bits per heavy atom. The van der Waals surface area contributed by atoms with Crippen LogP contribution in [0.15, 0.2) is 29.1 Å². The Balaban J connectivity index is 1.63. The summed E-state index contributed by atoms with van der Waals surface area (Å²) in [4.78, 5) is 22.3. The third-order valence-corrected chi connectivity index (χ3v) is 5.23. The van der Waals surface area contributed by atoms with Gasteiger partial charge in [0.1, 0.15) is 12.4 Å². The molecule has 3 heterocycles. The Kier molecular flexibility index (Phi) is 3.72. The van der Waals surface area contributed by atoms with Gasteiger partial charge in [-0.15, -0.1) is 0 Å². The summed E-state index contributed by atoms with van der Waals surface area (Å²) in [5.41, 5.74) is 1.99. The molecule has 0 bridgehead atoms. The second kappa shape index (κ2) is 5.92. The molecular weight excluding hydrogens is 316 g/mol. The highest BCUT2D eigenvalue weighted by Gasteiger charge is 2.31. The molecule has 1 aromatic carbocycles. The Hall–Kier alpha value is -2.81. The van der Waals surface area contributed by atoms with Crippen LogP contribution in [0.3, 0.4) is 0 Å². The number of nitriles is 1. The number of para-hydroxylation sites is 1. The molecule has 2 aliphatic heterocycles. The van der Waals surface area contributed by atoms with Gasteiger partial charge in [0.15, 0.2) is 0 Å². The number of hydrogen-bond donors (Lipinski definition) is 1. The first-order valence-electron chi connectivity index (χ1n) is 8.57. The van der Waals surface area contributed by atoms with Crippen molar-refractivity contribution in [3.8, 4) is 11.8 Å². The number of fused-ring (bicyclic) bond motifs is 2. The van der Waals surface area contributed by atoms with Crippen LogP contribution in [0.4, 0.5) is 5.95 Å². The number of rotatable bonds is 1. The first-order valence-corrected chi connectivity index (χ1v) is 8.57. The van der Waals surface area contributed by atoms with Crippen LogP contribution in [0.1, 0.15) is 36.6 Å². The topological polar surface area (TPSA) is 82.0 Å². The second-order valence-electron chi connectivity index (χ2n) is 7.05. The van der Waals surface area contributed by atoms with Crippen LogP contribution in [0, 0.1) is 16.7 Å². The van der Waals surface area contributed by atoms with Crippen molar-refractivity contribution in [1.29, 1.82) is 5.26 Å². The van der Waals surface area contributed by atoms with Crippen LogP contribution in [0.2, 0.25) is 0 Å².